The molecule has 0 radical (unpaired) electrons. The quantitative estimate of drug-likeness (QED) is 0.0289. The first-order chi connectivity index (χ1) is 21.2. The summed E-state index contributed by atoms with van der Waals surface area (Å²) < 4.78 is 16.6. The van der Waals surface area contributed by atoms with Gasteiger partial charge in [-0.1, -0.05) is 172 Å². The standard InChI is InChI=1S/C36H80O5Si3/c1-9-40-41-31-25-19-13-11-10-12-14-20-26-32-42(5,6)33-27-21-15-16-22-28-34-43(7,8)35-29-23-17-18-24-30-36-44(37-2,38-3)39-4/h9-36H2,1-8H3. The van der Waals surface area contributed by atoms with Gasteiger partial charge in [-0.15, -0.1) is 0 Å². The van der Waals surface area contributed by atoms with Crippen LogP contribution in [0.1, 0.15) is 142 Å². The van der Waals surface area contributed by atoms with Crippen LogP contribution in [0.4, 0.5) is 0 Å². The fourth-order valence-corrected chi connectivity index (χ4v) is 13.6. The molecular formula is C36H80O5Si3. The minimum absolute atomic E-state index is 0.647. The van der Waals surface area contributed by atoms with Crippen LogP contribution in [0.25, 0.3) is 0 Å². The highest BCUT2D eigenvalue weighted by Gasteiger charge is 2.36. The monoisotopic (exact) mass is 677 g/mol. The molecule has 0 saturated carbocycles. The molecule has 0 rings (SSSR count). The van der Waals surface area contributed by atoms with Crippen LogP contribution in [0.3, 0.4) is 0 Å². The number of unbranched alkanes of at least 4 members (excludes halogenated alkanes) is 18. The summed E-state index contributed by atoms with van der Waals surface area (Å²) >= 11 is 0. The fraction of sp³-hybridized carbons (Fsp3) is 1.00. The van der Waals surface area contributed by atoms with Gasteiger partial charge in [0.1, 0.15) is 0 Å². The Morgan fingerprint density at radius 1 is 0.341 bits per heavy atom. The number of hydrogen-bond donors (Lipinski definition) is 0. The second kappa shape index (κ2) is 29.6. The predicted molar refractivity (Wildman–Crippen MR) is 200 cm³/mol. The van der Waals surface area contributed by atoms with E-state index in [1.807, 2.05) is 6.92 Å². The smallest absolute Gasteiger partial charge is 0.377 e. The molecule has 0 atom stereocenters. The molecule has 0 aromatic rings. The third-order valence-corrected chi connectivity index (χ3v) is 19.4. The number of rotatable bonds is 35. The zero-order valence-corrected chi connectivity index (χ0v) is 34.3. The molecule has 0 unspecified atom stereocenters. The molecule has 0 aliphatic heterocycles. The molecule has 0 amide bonds. The summed E-state index contributed by atoms with van der Waals surface area (Å²) in [7, 11) is 0.807. The molecule has 0 aliphatic rings. The molecule has 0 N–H and O–H groups in total. The molecule has 0 bridgehead atoms. The zero-order valence-electron chi connectivity index (χ0n) is 31.3. The van der Waals surface area contributed by atoms with Crippen molar-refractivity contribution in [1.29, 1.82) is 0 Å². The average Bonchev–Trinajstić information content (AvgIpc) is 3.00. The summed E-state index contributed by atoms with van der Waals surface area (Å²) in [4.78, 5) is 10.00. The summed E-state index contributed by atoms with van der Waals surface area (Å²) in [6, 6.07) is 7.09. The largest absolute Gasteiger partial charge is 0.500 e. The van der Waals surface area contributed by atoms with Gasteiger partial charge in [0.2, 0.25) is 0 Å². The van der Waals surface area contributed by atoms with E-state index in [2.05, 4.69) is 26.2 Å². The average molecular weight is 677 g/mol. The Kier molecular flexibility index (Phi) is 29.9. The summed E-state index contributed by atoms with van der Waals surface area (Å²) in [6.07, 6.45) is 29.2. The van der Waals surface area contributed by atoms with E-state index in [9.17, 15) is 0 Å². The van der Waals surface area contributed by atoms with Gasteiger partial charge >= 0.3 is 8.80 Å². The van der Waals surface area contributed by atoms with Gasteiger partial charge in [-0.25, -0.2) is 9.78 Å². The van der Waals surface area contributed by atoms with E-state index in [1.165, 1.54) is 134 Å². The van der Waals surface area contributed by atoms with Crippen molar-refractivity contribution in [2.75, 3.05) is 34.5 Å². The van der Waals surface area contributed by atoms with Gasteiger partial charge in [0, 0.05) is 43.5 Å². The Bertz CT molecular complexity index is 594. The molecule has 0 aromatic heterocycles. The summed E-state index contributed by atoms with van der Waals surface area (Å²) in [5.41, 5.74) is 0. The Labute approximate surface area is 280 Å². The minimum atomic E-state index is -2.36. The van der Waals surface area contributed by atoms with Crippen molar-refractivity contribution < 1.29 is 23.1 Å². The van der Waals surface area contributed by atoms with E-state index < -0.39 is 25.0 Å². The summed E-state index contributed by atoms with van der Waals surface area (Å²) in [5, 5.41) is 0. The molecule has 0 aromatic carbocycles. The molecule has 0 heterocycles. The first-order valence-electron chi connectivity index (χ1n) is 19.1. The van der Waals surface area contributed by atoms with Crippen molar-refractivity contribution in [1.82, 2.24) is 0 Å². The summed E-state index contributed by atoms with van der Waals surface area (Å²) in [6.45, 7) is 13.9. The maximum atomic E-state index is 5.53. The third kappa shape index (κ3) is 27.6. The maximum absolute atomic E-state index is 5.53. The molecule has 0 spiro atoms. The molecular weight excluding hydrogens is 597 g/mol. The molecule has 266 valence electrons. The molecule has 0 saturated heterocycles. The van der Waals surface area contributed by atoms with Crippen molar-refractivity contribution in [3.05, 3.63) is 0 Å². The Hall–Kier alpha value is 0.451. The summed E-state index contributed by atoms with van der Waals surface area (Å²) in [5.74, 6) is 0. The highest BCUT2D eigenvalue weighted by molar-refractivity contribution is 6.77. The van der Waals surface area contributed by atoms with Crippen molar-refractivity contribution in [3.8, 4) is 0 Å². The van der Waals surface area contributed by atoms with Gasteiger partial charge in [0.15, 0.2) is 0 Å². The Morgan fingerprint density at radius 3 is 0.909 bits per heavy atom. The van der Waals surface area contributed by atoms with Crippen LogP contribution in [0.2, 0.25) is 56.4 Å². The van der Waals surface area contributed by atoms with Gasteiger partial charge in [-0.3, -0.25) is 0 Å². The van der Waals surface area contributed by atoms with Crippen LogP contribution in [-0.2, 0) is 23.1 Å². The Balaban J connectivity index is 3.57. The zero-order chi connectivity index (χ0) is 32.8. The van der Waals surface area contributed by atoms with Gasteiger partial charge in [-0.2, -0.15) is 0 Å². The first kappa shape index (κ1) is 44.5. The van der Waals surface area contributed by atoms with Crippen LogP contribution in [0.5, 0.6) is 0 Å². The van der Waals surface area contributed by atoms with Crippen LogP contribution < -0.4 is 0 Å². The van der Waals surface area contributed by atoms with Crippen molar-refractivity contribution in [2.24, 2.45) is 0 Å². The van der Waals surface area contributed by atoms with Crippen molar-refractivity contribution in [2.45, 2.75) is 198 Å². The molecule has 5 nitrogen and oxygen atoms in total. The lowest BCUT2D eigenvalue weighted by atomic mass is 10.1. The van der Waals surface area contributed by atoms with Crippen LogP contribution in [0, 0.1) is 0 Å². The fourth-order valence-electron chi connectivity index (χ4n) is 6.52. The Morgan fingerprint density at radius 2 is 0.614 bits per heavy atom. The molecule has 8 heteroatoms. The van der Waals surface area contributed by atoms with Crippen LogP contribution in [0.15, 0.2) is 0 Å². The second-order valence-electron chi connectivity index (χ2n) is 15.0. The van der Waals surface area contributed by atoms with Gasteiger partial charge in [0.05, 0.1) is 13.2 Å². The molecule has 44 heavy (non-hydrogen) atoms. The first-order valence-corrected chi connectivity index (χ1v) is 27.8. The highest BCUT2D eigenvalue weighted by Crippen LogP contribution is 2.26. The lowest BCUT2D eigenvalue weighted by Gasteiger charge is -2.24. The molecule has 0 aliphatic carbocycles. The van der Waals surface area contributed by atoms with Gasteiger partial charge in [-0.05, 0) is 19.8 Å². The number of hydrogen-bond acceptors (Lipinski definition) is 5. The van der Waals surface area contributed by atoms with Gasteiger partial charge in [0.25, 0.3) is 0 Å². The van der Waals surface area contributed by atoms with Crippen LogP contribution >= 0.6 is 0 Å². The topological polar surface area (TPSA) is 46.2 Å². The normalized spacial score (nSPS) is 12.8. The molecule has 0 fully saturated rings. The van der Waals surface area contributed by atoms with Crippen LogP contribution in [-0.4, -0.2) is 59.5 Å². The van der Waals surface area contributed by atoms with E-state index in [4.69, 9.17) is 23.1 Å². The van der Waals surface area contributed by atoms with Gasteiger partial charge < -0.3 is 13.3 Å². The maximum Gasteiger partial charge on any atom is 0.500 e. The van der Waals surface area contributed by atoms with E-state index in [1.54, 1.807) is 33.4 Å². The van der Waals surface area contributed by atoms with E-state index in [-0.39, 0.29) is 0 Å². The SMILES string of the molecule is CCOOCCCCCCCCCCC[Si](C)(C)CCCCCCCC[Si](C)(C)CCCCCCCC[Si](OC)(OC)OC. The van der Waals surface area contributed by atoms with Crippen molar-refractivity contribution >= 4 is 25.0 Å². The second-order valence-corrected chi connectivity index (χ2v) is 28.8. The van der Waals surface area contributed by atoms with E-state index in [0.717, 1.165) is 25.5 Å². The lowest BCUT2D eigenvalue weighted by molar-refractivity contribution is -0.291. The minimum Gasteiger partial charge on any atom is -0.377 e. The lowest BCUT2D eigenvalue weighted by Crippen LogP contribution is -2.42. The highest BCUT2D eigenvalue weighted by atomic mass is 28.4. The third-order valence-electron chi connectivity index (χ3n) is 9.76. The van der Waals surface area contributed by atoms with E-state index >= 15 is 0 Å². The van der Waals surface area contributed by atoms with E-state index in [0.29, 0.717) is 6.61 Å². The predicted octanol–water partition coefficient (Wildman–Crippen LogP) is 12.4. The van der Waals surface area contributed by atoms with Crippen molar-refractivity contribution in [3.63, 3.8) is 0 Å².